The second-order valence-corrected chi connectivity index (χ2v) is 8.39. The number of piperazine rings is 1. The molecule has 0 spiro atoms. The van der Waals surface area contributed by atoms with Gasteiger partial charge in [-0.3, -0.25) is 0 Å². The Morgan fingerprint density at radius 3 is 2.55 bits per heavy atom. The van der Waals surface area contributed by atoms with Gasteiger partial charge in [0, 0.05) is 36.0 Å². The van der Waals surface area contributed by atoms with Gasteiger partial charge in [-0.1, -0.05) is 29.8 Å². The van der Waals surface area contributed by atoms with Crippen molar-refractivity contribution in [2.45, 2.75) is 25.8 Å². The molecule has 2 aromatic carbocycles. The van der Waals surface area contributed by atoms with Crippen molar-refractivity contribution in [3.05, 3.63) is 59.1 Å². The molecule has 2 fully saturated rings. The Hall–Kier alpha value is -3.24. The molecule has 0 radical (unpaired) electrons. The third kappa shape index (κ3) is 5.09. The lowest BCUT2D eigenvalue weighted by molar-refractivity contribution is 0.133. The third-order valence-electron chi connectivity index (χ3n) is 5.79. The SMILES string of the molecule is Cc1ccccc1N/C(=N/C#N)N1CCN(C(=O)Nc2ccc(Cl)cc2)CC1C1CC1. The van der Waals surface area contributed by atoms with Crippen LogP contribution in [0.5, 0.6) is 0 Å². The normalized spacial score (nSPS) is 19.0. The van der Waals surface area contributed by atoms with Gasteiger partial charge in [-0.25, -0.2) is 4.79 Å². The lowest BCUT2D eigenvalue weighted by atomic mass is 10.1. The molecule has 1 saturated heterocycles. The monoisotopic (exact) mass is 436 g/mol. The van der Waals surface area contributed by atoms with Gasteiger partial charge in [0.15, 0.2) is 0 Å². The van der Waals surface area contributed by atoms with Crippen LogP contribution >= 0.6 is 11.6 Å². The number of amides is 2. The van der Waals surface area contributed by atoms with Crippen molar-refractivity contribution in [3.63, 3.8) is 0 Å². The Morgan fingerprint density at radius 1 is 1.13 bits per heavy atom. The van der Waals surface area contributed by atoms with E-state index in [2.05, 4.69) is 20.5 Å². The zero-order chi connectivity index (χ0) is 21.8. The molecule has 4 rings (SSSR count). The number of carbonyl (C=O) groups is 1. The summed E-state index contributed by atoms with van der Waals surface area (Å²) in [5, 5.41) is 16.2. The molecule has 0 aromatic heterocycles. The molecule has 160 valence electrons. The molecule has 2 amide bonds. The lowest BCUT2D eigenvalue weighted by Crippen LogP contribution is -2.59. The maximum atomic E-state index is 12.8. The Morgan fingerprint density at radius 2 is 1.87 bits per heavy atom. The highest BCUT2D eigenvalue weighted by Gasteiger charge is 2.41. The minimum Gasteiger partial charge on any atom is -0.335 e. The zero-order valence-corrected chi connectivity index (χ0v) is 18.1. The van der Waals surface area contributed by atoms with Crippen molar-refractivity contribution >= 4 is 35.0 Å². The number of carbonyl (C=O) groups excluding carboxylic acids is 1. The minimum absolute atomic E-state index is 0.119. The molecule has 7 nitrogen and oxygen atoms in total. The van der Waals surface area contributed by atoms with E-state index < -0.39 is 0 Å². The Balaban J connectivity index is 1.48. The van der Waals surface area contributed by atoms with E-state index in [0.29, 0.717) is 42.2 Å². The van der Waals surface area contributed by atoms with E-state index in [1.807, 2.05) is 42.3 Å². The molecule has 1 saturated carbocycles. The number of guanidine groups is 1. The summed E-state index contributed by atoms with van der Waals surface area (Å²) in [7, 11) is 0. The highest BCUT2D eigenvalue weighted by atomic mass is 35.5. The number of nitriles is 1. The smallest absolute Gasteiger partial charge is 0.321 e. The number of urea groups is 1. The van der Waals surface area contributed by atoms with E-state index in [4.69, 9.17) is 11.6 Å². The van der Waals surface area contributed by atoms with Crippen LogP contribution in [0.4, 0.5) is 16.2 Å². The molecular weight excluding hydrogens is 412 g/mol. The molecule has 0 bridgehead atoms. The highest BCUT2D eigenvalue weighted by molar-refractivity contribution is 6.30. The van der Waals surface area contributed by atoms with E-state index in [0.717, 1.165) is 24.1 Å². The maximum Gasteiger partial charge on any atom is 0.321 e. The van der Waals surface area contributed by atoms with Crippen LogP contribution in [0.15, 0.2) is 53.5 Å². The van der Waals surface area contributed by atoms with Crippen molar-refractivity contribution in [2.75, 3.05) is 30.3 Å². The maximum absolute atomic E-state index is 12.8. The predicted molar refractivity (Wildman–Crippen MR) is 123 cm³/mol. The molecule has 1 aliphatic carbocycles. The summed E-state index contributed by atoms with van der Waals surface area (Å²) in [4.78, 5) is 20.9. The summed E-state index contributed by atoms with van der Waals surface area (Å²) in [5.74, 6) is 1.04. The van der Waals surface area contributed by atoms with E-state index in [1.54, 1.807) is 24.3 Å². The fourth-order valence-electron chi connectivity index (χ4n) is 3.92. The fourth-order valence-corrected chi connectivity index (χ4v) is 4.05. The van der Waals surface area contributed by atoms with E-state index >= 15 is 0 Å². The second kappa shape index (κ2) is 9.27. The zero-order valence-electron chi connectivity index (χ0n) is 17.4. The van der Waals surface area contributed by atoms with Crippen LogP contribution < -0.4 is 10.6 Å². The number of rotatable bonds is 3. The summed E-state index contributed by atoms with van der Waals surface area (Å²) < 4.78 is 0. The van der Waals surface area contributed by atoms with E-state index in [9.17, 15) is 10.1 Å². The van der Waals surface area contributed by atoms with Crippen LogP contribution in [-0.4, -0.2) is 47.5 Å². The molecule has 2 aliphatic rings. The third-order valence-corrected chi connectivity index (χ3v) is 6.04. The molecular formula is C23H25ClN6O. The van der Waals surface area contributed by atoms with Gasteiger partial charge in [-0.2, -0.15) is 5.26 Å². The number of nitrogens with zero attached hydrogens (tertiary/aromatic N) is 4. The Kier molecular flexibility index (Phi) is 6.28. The molecule has 31 heavy (non-hydrogen) atoms. The highest BCUT2D eigenvalue weighted by Crippen LogP contribution is 2.37. The van der Waals surface area contributed by atoms with Gasteiger partial charge in [-0.05, 0) is 61.6 Å². The Bertz CT molecular complexity index is 1010. The molecule has 1 unspecified atom stereocenters. The summed E-state index contributed by atoms with van der Waals surface area (Å²) in [6.07, 6.45) is 4.18. The molecule has 8 heteroatoms. The first-order valence-corrected chi connectivity index (χ1v) is 10.8. The molecule has 1 heterocycles. The standard InChI is InChI=1S/C23H25ClN6O/c1-16-4-2-3-5-20(16)28-22(26-15-25)30-13-12-29(14-21(30)17-6-7-17)23(31)27-19-10-8-18(24)9-11-19/h2-5,8-11,17,21H,6-7,12-14H2,1H3,(H,26,28)(H,27,31). The van der Waals surface area contributed by atoms with Gasteiger partial charge >= 0.3 is 6.03 Å². The van der Waals surface area contributed by atoms with Crippen LogP contribution in [0.1, 0.15) is 18.4 Å². The van der Waals surface area contributed by atoms with E-state index in [-0.39, 0.29) is 12.1 Å². The fraction of sp³-hybridized carbons (Fsp3) is 0.348. The van der Waals surface area contributed by atoms with Crippen LogP contribution in [0.2, 0.25) is 5.02 Å². The largest absolute Gasteiger partial charge is 0.335 e. The van der Waals surface area contributed by atoms with Gasteiger partial charge in [-0.15, -0.1) is 4.99 Å². The van der Waals surface area contributed by atoms with Gasteiger partial charge in [0.05, 0.1) is 6.04 Å². The van der Waals surface area contributed by atoms with Crippen LogP contribution in [0.25, 0.3) is 0 Å². The van der Waals surface area contributed by atoms with Gasteiger partial charge in [0.25, 0.3) is 0 Å². The number of halogens is 1. The molecule has 1 aliphatic heterocycles. The summed E-state index contributed by atoms with van der Waals surface area (Å²) >= 11 is 5.93. The Labute approximate surface area is 187 Å². The first-order chi connectivity index (χ1) is 15.0. The number of aliphatic imine (C=N–C) groups is 1. The van der Waals surface area contributed by atoms with Crippen LogP contribution in [0.3, 0.4) is 0 Å². The van der Waals surface area contributed by atoms with Crippen molar-refractivity contribution in [1.29, 1.82) is 5.26 Å². The number of nitrogens with one attached hydrogen (secondary N) is 2. The van der Waals surface area contributed by atoms with Crippen molar-refractivity contribution in [2.24, 2.45) is 10.9 Å². The first kappa shape index (κ1) is 21.0. The number of anilines is 2. The number of hydrogen-bond donors (Lipinski definition) is 2. The molecule has 2 N–H and O–H groups in total. The molecule has 1 atom stereocenters. The van der Waals surface area contributed by atoms with Crippen molar-refractivity contribution < 1.29 is 4.79 Å². The number of hydrogen-bond acceptors (Lipinski definition) is 3. The predicted octanol–water partition coefficient (Wildman–Crippen LogP) is 4.53. The topological polar surface area (TPSA) is 83.8 Å². The average molecular weight is 437 g/mol. The van der Waals surface area contributed by atoms with E-state index in [1.165, 1.54) is 0 Å². The van der Waals surface area contributed by atoms with Gasteiger partial charge in [0.1, 0.15) is 0 Å². The van der Waals surface area contributed by atoms with Gasteiger partial charge in [0.2, 0.25) is 12.2 Å². The minimum atomic E-state index is -0.127. The first-order valence-electron chi connectivity index (χ1n) is 10.4. The number of aryl methyl sites for hydroxylation is 1. The number of para-hydroxylation sites is 1. The summed E-state index contributed by atoms with van der Waals surface area (Å²) in [6, 6.07) is 15.0. The molecule has 2 aromatic rings. The van der Waals surface area contributed by atoms with Crippen molar-refractivity contribution in [3.8, 4) is 6.19 Å². The van der Waals surface area contributed by atoms with Crippen LogP contribution in [0, 0.1) is 24.3 Å². The summed E-state index contributed by atoms with van der Waals surface area (Å²) in [5.41, 5.74) is 2.72. The van der Waals surface area contributed by atoms with Gasteiger partial charge < -0.3 is 20.4 Å². The average Bonchev–Trinajstić information content (AvgIpc) is 3.61. The van der Waals surface area contributed by atoms with Crippen molar-refractivity contribution in [1.82, 2.24) is 9.80 Å². The quantitative estimate of drug-likeness (QED) is 0.420. The number of benzene rings is 2. The summed E-state index contributed by atoms with van der Waals surface area (Å²) in [6.45, 7) is 3.75. The lowest BCUT2D eigenvalue weighted by Gasteiger charge is -2.43. The second-order valence-electron chi connectivity index (χ2n) is 7.96. The van der Waals surface area contributed by atoms with Crippen LogP contribution in [-0.2, 0) is 0 Å².